The lowest BCUT2D eigenvalue weighted by atomic mass is 10.0. The van der Waals surface area contributed by atoms with Crippen LogP contribution in [-0.4, -0.2) is 23.9 Å². The van der Waals surface area contributed by atoms with Crippen LogP contribution in [-0.2, 0) is 13.6 Å². The molecule has 0 saturated heterocycles. The second-order valence-corrected chi connectivity index (χ2v) is 6.63. The average molecular weight is 336 g/mol. The fraction of sp³-hybridized carbons (Fsp3) is 0.500. The van der Waals surface area contributed by atoms with Crippen molar-refractivity contribution in [2.24, 2.45) is 7.05 Å². The van der Waals surface area contributed by atoms with Gasteiger partial charge in [0.15, 0.2) is 0 Å². The molecule has 0 saturated carbocycles. The van der Waals surface area contributed by atoms with Gasteiger partial charge in [0.1, 0.15) is 17.5 Å². The molecular weight excluding hydrogens is 310 g/mol. The van der Waals surface area contributed by atoms with E-state index in [1.165, 1.54) is 12.1 Å². The van der Waals surface area contributed by atoms with Gasteiger partial charge in [-0.15, -0.1) is 0 Å². The number of aromatic nitrogens is 2. The van der Waals surface area contributed by atoms with E-state index >= 15 is 0 Å². The predicted molar refractivity (Wildman–Crippen MR) is 93.2 cm³/mol. The summed E-state index contributed by atoms with van der Waals surface area (Å²) in [4.78, 5) is 2.03. The highest BCUT2D eigenvalue weighted by molar-refractivity contribution is 5.50. The van der Waals surface area contributed by atoms with Crippen LogP contribution in [0.25, 0.3) is 0 Å². The molecule has 0 amide bonds. The molecule has 1 aromatic heterocycles. The molecule has 0 aliphatic carbocycles. The molecule has 0 aliphatic heterocycles. The molecule has 0 spiro atoms. The number of halogens is 2. The Bertz CT molecular complexity index is 707. The SMILES string of the molecule is CC(C)c1nn(C)c(N(C)C)c1CNC(C)c1ccc(F)cc1F. The second-order valence-electron chi connectivity index (χ2n) is 6.63. The highest BCUT2D eigenvalue weighted by Crippen LogP contribution is 2.28. The zero-order valence-corrected chi connectivity index (χ0v) is 15.2. The Labute approximate surface area is 142 Å². The van der Waals surface area contributed by atoms with Gasteiger partial charge in [0, 0.05) is 50.9 Å². The first kappa shape index (κ1) is 18.4. The molecule has 6 heteroatoms. The van der Waals surface area contributed by atoms with Gasteiger partial charge in [-0.05, 0) is 18.9 Å². The third-order valence-corrected chi connectivity index (χ3v) is 4.13. The standard InChI is InChI=1S/C18H26F2N4/c1-11(2)17-15(18(23(4)5)24(6)22-17)10-21-12(3)14-8-7-13(19)9-16(14)20/h7-9,11-12,21H,10H2,1-6H3. The number of nitrogens with one attached hydrogen (secondary N) is 1. The Kier molecular flexibility index (Phi) is 5.59. The summed E-state index contributed by atoms with van der Waals surface area (Å²) >= 11 is 0. The summed E-state index contributed by atoms with van der Waals surface area (Å²) in [6, 6.07) is 3.45. The maximum atomic E-state index is 13.9. The molecule has 0 radical (unpaired) electrons. The van der Waals surface area contributed by atoms with Gasteiger partial charge in [0.05, 0.1) is 5.69 Å². The Morgan fingerprint density at radius 3 is 2.42 bits per heavy atom. The Hall–Kier alpha value is -1.95. The molecule has 24 heavy (non-hydrogen) atoms. The van der Waals surface area contributed by atoms with Crippen LogP contribution in [0.15, 0.2) is 18.2 Å². The summed E-state index contributed by atoms with van der Waals surface area (Å²) in [5.74, 6) is 0.225. The fourth-order valence-corrected chi connectivity index (χ4v) is 2.99. The summed E-state index contributed by atoms with van der Waals surface area (Å²) in [7, 11) is 5.88. The van der Waals surface area contributed by atoms with E-state index in [0.29, 0.717) is 18.0 Å². The van der Waals surface area contributed by atoms with E-state index in [4.69, 9.17) is 0 Å². The largest absolute Gasteiger partial charge is 0.363 e. The van der Waals surface area contributed by atoms with Crippen LogP contribution in [0.4, 0.5) is 14.6 Å². The number of anilines is 1. The molecule has 4 nitrogen and oxygen atoms in total. The van der Waals surface area contributed by atoms with E-state index in [1.54, 1.807) is 0 Å². The third-order valence-electron chi connectivity index (χ3n) is 4.13. The van der Waals surface area contributed by atoms with Crippen LogP contribution in [0.1, 0.15) is 49.6 Å². The van der Waals surface area contributed by atoms with Crippen LogP contribution in [0.2, 0.25) is 0 Å². The first-order valence-electron chi connectivity index (χ1n) is 8.13. The lowest BCUT2D eigenvalue weighted by Crippen LogP contribution is -2.22. The quantitative estimate of drug-likeness (QED) is 0.872. The zero-order chi connectivity index (χ0) is 18.0. The summed E-state index contributed by atoms with van der Waals surface area (Å²) < 4.78 is 28.9. The topological polar surface area (TPSA) is 33.1 Å². The average Bonchev–Trinajstić information content (AvgIpc) is 2.81. The van der Waals surface area contributed by atoms with E-state index in [-0.39, 0.29) is 6.04 Å². The van der Waals surface area contributed by atoms with E-state index in [1.807, 2.05) is 37.6 Å². The van der Waals surface area contributed by atoms with Gasteiger partial charge in [-0.2, -0.15) is 5.10 Å². The monoisotopic (exact) mass is 336 g/mol. The number of aryl methyl sites for hydroxylation is 1. The van der Waals surface area contributed by atoms with Gasteiger partial charge < -0.3 is 10.2 Å². The van der Waals surface area contributed by atoms with Crippen molar-refractivity contribution in [2.75, 3.05) is 19.0 Å². The molecule has 1 N–H and O–H groups in total. The van der Waals surface area contributed by atoms with E-state index < -0.39 is 11.6 Å². The molecule has 2 rings (SSSR count). The predicted octanol–water partition coefficient (Wildman–Crippen LogP) is 3.74. The maximum Gasteiger partial charge on any atom is 0.130 e. The van der Waals surface area contributed by atoms with Gasteiger partial charge in [0.2, 0.25) is 0 Å². The number of hydrogen-bond donors (Lipinski definition) is 1. The van der Waals surface area contributed by atoms with Crippen molar-refractivity contribution in [2.45, 2.75) is 39.3 Å². The second kappa shape index (κ2) is 7.30. The van der Waals surface area contributed by atoms with Gasteiger partial charge in [-0.3, -0.25) is 4.68 Å². The first-order valence-corrected chi connectivity index (χ1v) is 8.13. The molecule has 0 aliphatic rings. The number of benzene rings is 1. The van der Waals surface area contributed by atoms with E-state index in [9.17, 15) is 8.78 Å². The molecule has 2 aromatic rings. The third kappa shape index (κ3) is 3.75. The Balaban J connectivity index is 2.25. The van der Waals surface area contributed by atoms with Crippen LogP contribution in [0.5, 0.6) is 0 Å². The minimum atomic E-state index is -0.562. The number of hydrogen-bond acceptors (Lipinski definition) is 3. The molecular formula is C18H26F2N4. The molecule has 1 atom stereocenters. The number of nitrogens with zero attached hydrogens (tertiary/aromatic N) is 3. The van der Waals surface area contributed by atoms with Gasteiger partial charge in [-0.1, -0.05) is 19.9 Å². The van der Waals surface area contributed by atoms with Crippen molar-refractivity contribution in [3.05, 3.63) is 46.7 Å². The van der Waals surface area contributed by atoms with Crippen molar-refractivity contribution in [1.29, 1.82) is 0 Å². The smallest absolute Gasteiger partial charge is 0.130 e. The molecule has 1 heterocycles. The van der Waals surface area contributed by atoms with Gasteiger partial charge >= 0.3 is 0 Å². The highest BCUT2D eigenvalue weighted by atomic mass is 19.1. The normalized spacial score (nSPS) is 12.7. The Morgan fingerprint density at radius 2 is 1.88 bits per heavy atom. The minimum absolute atomic E-state index is 0.235. The van der Waals surface area contributed by atoms with Crippen molar-refractivity contribution < 1.29 is 8.78 Å². The minimum Gasteiger partial charge on any atom is -0.363 e. The number of rotatable bonds is 6. The van der Waals surface area contributed by atoms with Crippen LogP contribution in [0, 0.1) is 11.6 Å². The molecule has 132 valence electrons. The van der Waals surface area contributed by atoms with E-state index in [2.05, 4.69) is 24.3 Å². The summed E-state index contributed by atoms with van der Waals surface area (Å²) in [5, 5.41) is 7.96. The summed E-state index contributed by atoms with van der Waals surface area (Å²) in [6.07, 6.45) is 0. The fourth-order valence-electron chi connectivity index (χ4n) is 2.99. The zero-order valence-electron chi connectivity index (χ0n) is 15.2. The van der Waals surface area contributed by atoms with Crippen LogP contribution < -0.4 is 10.2 Å². The van der Waals surface area contributed by atoms with E-state index in [0.717, 1.165) is 23.1 Å². The van der Waals surface area contributed by atoms with Crippen LogP contribution >= 0.6 is 0 Å². The molecule has 0 bridgehead atoms. The Morgan fingerprint density at radius 1 is 1.21 bits per heavy atom. The molecule has 0 fully saturated rings. The first-order chi connectivity index (χ1) is 11.2. The highest BCUT2D eigenvalue weighted by Gasteiger charge is 2.21. The van der Waals surface area contributed by atoms with Crippen molar-refractivity contribution in [1.82, 2.24) is 15.1 Å². The summed E-state index contributed by atoms with van der Waals surface area (Å²) in [6.45, 7) is 6.65. The van der Waals surface area contributed by atoms with Gasteiger partial charge in [0.25, 0.3) is 0 Å². The molecule has 1 aromatic carbocycles. The lowest BCUT2D eigenvalue weighted by molar-refractivity contribution is 0.516. The van der Waals surface area contributed by atoms with Crippen LogP contribution in [0.3, 0.4) is 0 Å². The van der Waals surface area contributed by atoms with Crippen molar-refractivity contribution in [3.8, 4) is 0 Å². The molecule has 1 unspecified atom stereocenters. The van der Waals surface area contributed by atoms with Crippen molar-refractivity contribution in [3.63, 3.8) is 0 Å². The van der Waals surface area contributed by atoms with Gasteiger partial charge in [-0.25, -0.2) is 8.78 Å². The lowest BCUT2D eigenvalue weighted by Gasteiger charge is -2.19. The maximum absolute atomic E-state index is 13.9. The van der Waals surface area contributed by atoms with Crippen molar-refractivity contribution >= 4 is 5.82 Å². The summed E-state index contributed by atoms with van der Waals surface area (Å²) in [5.41, 5.74) is 2.59.